The van der Waals surface area contributed by atoms with Gasteiger partial charge in [-0.25, -0.2) is 4.39 Å². The van der Waals surface area contributed by atoms with Crippen molar-refractivity contribution in [1.29, 1.82) is 0 Å². The molecule has 2 amide bonds. The van der Waals surface area contributed by atoms with E-state index in [1.165, 1.54) is 19.2 Å². The molecule has 3 rings (SSSR count). The first kappa shape index (κ1) is 17.6. The third kappa shape index (κ3) is 3.19. The van der Waals surface area contributed by atoms with Crippen LogP contribution in [-0.4, -0.2) is 73.7 Å². The molecule has 1 aromatic rings. The molecule has 2 aliphatic rings. The van der Waals surface area contributed by atoms with Crippen LogP contribution >= 0.6 is 0 Å². The molecule has 0 saturated carbocycles. The molecule has 8 heteroatoms. The van der Waals surface area contributed by atoms with Gasteiger partial charge in [-0.1, -0.05) is 0 Å². The fourth-order valence-corrected chi connectivity index (χ4v) is 3.47. The first-order valence-corrected chi connectivity index (χ1v) is 8.23. The summed E-state index contributed by atoms with van der Waals surface area (Å²) in [6.45, 7) is 2.74. The molecule has 2 fully saturated rings. The molecule has 2 aliphatic heterocycles. The van der Waals surface area contributed by atoms with Crippen molar-refractivity contribution in [1.82, 2.24) is 9.80 Å². The van der Waals surface area contributed by atoms with Crippen LogP contribution < -0.4 is 10.5 Å². The van der Waals surface area contributed by atoms with E-state index in [2.05, 4.69) is 0 Å². The largest absolute Gasteiger partial charge is 0.494 e. The number of benzene rings is 1. The minimum atomic E-state index is -0.776. The number of halogens is 1. The molecule has 0 aromatic heterocycles. The highest BCUT2D eigenvalue weighted by molar-refractivity contribution is 5.94. The number of rotatable bonds is 4. The van der Waals surface area contributed by atoms with Gasteiger partial charge in [0.2, 0.25) is 5.91 Å². The molecule has 2 saturated heterocycles. The van der Waals surface area contributed by atoms with Crippen LogP contribution in [0.5, 0.6) is 5.75 Å². The van der Waals surface area contributed by atoms with Crippen molar-refractivity contribution in [3.8, 4) is 5.75 Å². The summed E-state index contributed by atoms with van der Waals surface area (Å²) in [5, 5.41) is 0. The number of hydrogen-bond donors (Lipinski definition) is 1. The maximum atomic E-state index is 13.8. The smallest absolute Gasteiger partial charge is 0.254 e. The minimum Gasteiger partial charge on any atom is -0.494 e. The Balaban J connectivity index is 1.67. The van der Waals surface area contributed by atoms with Crippen molar-refractivity contribution in [2.45, 2.75) is 12.0 Å². The number of carbonyl (C=O) groups is 2. The Kier molecular flexibility index (Phi) is 4.91. The van der Waals surface area contributed by atoms with E-state index in [0.717, 1.165) is 0 Å². The molecule has 1 unspecified atom stereocenters. The lowest BCUT2D eigenvalue weighted by molar-refractivity contribution is -0.131. The van der Waals surface area contributed by atoms with Gasteiger partial charge in [-0.3, -0.25) is 14.5 Å². The summed E-state index contributed by atoms with van der Waals surface area (Å²) in [5.74, 6) is -1.09. The van der Waals surface area contributed by atoms with Crippen LogP contribution in [0.3, 0.4) is 0 Å². The van der Waals surface area contributed by atoms with E-state index in [9.17, 15) is 14.0 Å². The normalized spacial score (nSPS) is 24.3. The summed E-state index contributed by atoms with van der Waals surface area (Å²) in [6, 6.07) is 4.17. The van der Waals surface area contributed by atoms with E-state index in [4.69, 9.17) is 15.2 Å². The molecule has 1 atom stereocenters. The Labute approximate surface area is 145 Å². The second-order valence-corrected chi connectivity index (χ2v) is 6.33. The van der Waals surface area contributed by atoms with Gasteiger partial charge in [0.15, 0.2) is 11.6 Å². The van der Waals surface area contributed by atoms with Gasteiger partial charge in [0.25, 0.3) is 5.91 Å². The topological polar surface area (TPSA) is 85.1 Å². The number of nitrogens with zero attached hydrogens (tertiary/aromatic N) is 2. The fourth-order valence-electron chi connectivity index (χ4n) is 3.47. The number of piperazine rings is 1. The van der Waals surface area contributed by atoms with Crippen LogP contribution in [0.25, 0.3) is 0 Å². The van der Waals surface area contributed by atoms with E-state index >= 15 is 0 Å². The van der Waals surface area contributed by atoms with Crippen molar-refractivity contribution in [3.63, 3.8) is 0 Å². The van der Waals surface area contributed by atoms with E-state index < -0.39 is 11.4 Å². The molecule has 0 spiro atoms. The number of primary amides is 1. The monoisotopic (exact) mass is 351 g/mol. The average Bonchev–Trinajstić information content (AvgIpc) is 3.12. The van der Waals surface area contributed by atoms with Gasteiger partial charge >= 0.3 is 0 Å². The van der Waals surface area contributed by atoms with Crippen molar-refractivity contribution < 1.29 is 23.5 Å². The van der Waals surface area contributed by atoms with Crippen molar-refractivity contribution in [3.05, 3.63) is 29.6 Å². The summed E-state index contributed by atoms with van der Waals surface area (Å²) in [7, 11) is 1.38. The van der Waals surface area contributed by atoms with Crippen LogP contribution in [0, 0.1) is 5.82 Å². The molecule has 0 radical (unpaired) electrons. The van der Waals surface area contributed by atoms with E-state index in [-0.39, 0.29) is 23.1 Å². The predicted octanol–water partition coefficient (Wildman–Crippen LogP) is 0.237. The van der Waals surface area contributed by atoms with Crippen LogP contribution in [0.15, 0.2) is 18.2 Å². The molecule has 2 heterocycles. The molecule has 2 N–H and O–H groups in total. The Bertz CT molecular complexity index is 668. The van der Waals surface area contributed by atoms with Crippen molar-refractivity contribution in [2.24, 2.45) is 5.73 Å². The van der Waals surface area contributed by atoms with Crippen molar-refractivity contribution in [2.75, 3.05) is 46.5 Å². The zero-order chi connectivity index (χ0) is 18.0. The van der Waals surface area contributed by atoms with E-state index in [1.807, 2.05) is 4.90 Å². The summed E-state index contributed by atoms with van der Waals surface area (Å²) >= 11 is 0. The van der Waals surface area contributed by atoms with Gasteiger partial charge in [0, 0.05) is 44.8 Å². The number of carbonyl (C=O) groups excluding carboxylic acids is 2. The van der Waals surface area contributed by atoms with Gasteiger partial charge in [0.05, 0.1) is 13.7 Å². The Hall–Kier alpha value is -2.19. The Morgan fingerprint density at radius 1 is 1.28 bits per heavy atom. The third-order valence-corrected chi connectivity index (χ3v) is 5.03. The summed E-state index contributed by atoms with van der Waals surface area (Å²) in [5.41, 5.74) is 5.10. The first-order chi connectivity index (χ1) is 12.0. The summed E-state index contributed by atoms with van der Waals surface area (Å²) < 4.78 is 24.1. The van der Waals surface area contributed by atoms with Gasteiger partial charge in [0.1, 0.15) is 5.54 Å². The van der Waals surface area contributed by atoms with Crippen molar-refractivity contribution >= 4 is 11.8 Å². The maximum absolute atomic E-state index is 13.8. The average molecular weight is 351 g/mol. The second-order valence-electron chi connectivity index (χ2n) is 6.33. The van der Waals surface area contributed by atoms with Gasteiger partial charge < -0.3 is 20.1 Å². The van der Waals surface area contributed by atoms with Gasteiger partial charge in [-0.2, -0.15) is 0 Å². The van der Waals surface area contributed by atoms with E-state index in [1.54, 1.807) is 11.0 Å². The highest BCUT2D eigenvalue weighted by Crippen LogP contribution is 2.28. The third-order valence-electron chi connectivity index (χ3n) is 5.03. The van der Waals surface area contributed by atoms with Gasteiger partial charge in [-0.15, -0.1) is 0 Å². The van der Waals surface area contributed by atoms with Crippen LogP contribution in [-0.2, 0) is 9.53 Å². The molecule has 136 valence electrons. The molecule has 7 nitrogen and oxygen atoms in total. The molecular formula is C17H22FN3O4. The minimum absolute atomic E-state index is 0.103. The number of nitrogens with two attached hydrogens (primary N) is 1. The van der Waals surface area contributed by atoms with Gasteiger partial charge in [-0.05, 0) is 18.2 Å². The lowest BCUT2D eigenvalue weighted by Gasteiger charge is -2.43. The quantitative estimate of drug-likeness (QED) is 0.840. The summed E-state index contributed by atoms with van der Waals surface area (Å²) in [6.07, 6.45) is 0.569. The second kappa shape index (κ2) is 6.97. The zero-order valence-corrected chi connectivity index (χ0v) is 14.2. The zero-order valence-electron chi connectivity index (χ0n) is 14.2. The van der Waals surface area contributed by atoms with Crippen LogP contribution in [0.4, 0.5) is 4.39 Å². The highest BCUT2D eigenvalue weighted by atomic mass is 19.1. The Morgan fingerprint density at radius 3 is 2.52 bits per heavy atom. The number of ether oxygens (including phenoxy) is 2. The molecular weight excluding hydrogens is 329 g/mol. The van der Waals surface area contributed by atoms with Crippen LogP contribution in [0.1, 0.15) is 16.8 Å². The van der Waals surface area contributed by atoms with Crippen LogP contribution in [0.2, 0.25) is 0 Å². The molecule has 0 aliphatic carbocycles. The Morgan fingerprint density at radius 2 is 2.00 bits per heavy atom. The van der Waals surface area contributed by atoms with E-state index in [0.29, 0.717) is 45.8 Å². The lowest BCUT2D eigenvalue weighted by Crippen LogP contribution is -2.63. The molecule has 25 heavy (non-hydrogen) atoms. The predicted molar refractivity (Wildman–Crippen MR) is 87.8 cm³/mol. The SMILES string of the molecule is COc1ccc(C(=O)N2CCN(C3(C(N)=O)CCOC3)CC2)cc1F. The molecule has 0 bridgehead atoms. The fraction of sp³-hybridized carbons (Fsp3) is 0.529. The molecule has 1 aromatic carbocycles. The standard InChI is InChI=1S/C17H22FN3O4/c1-24-14-3-2-12(10-13(14)18)15(22)20-5-7-21(8-6-20)17(16(19)23)4-9-25-11-17/h2-3,10H,4-9,11H2,1H3,(H2,19,23). The highest BCUT2D eigenvalue weighted by Gasteiger charge is 2.47. The number of methoxy groups -OCH3 is 1. The summed E-state index contributed by atoms with van der Waals surface area (Å²) in [4.78, 5) is 28.2. The maximum Gasteiger partial charge on any atom is 0.254 e. The lowest BCUT2D eigenvalue weighted by atomic mass is 9.94. The first-order valence-electron chi connectivity index (χ1n) is 8.23. The number of hydrogen-bond acceptors (Lipinski definition) is 5. The number of amides is 2.